The van der Waals surface area contributed by atoms with Crippen LogP contribution in [0, 0.1) is 0 Å². The highest BCUT2D eigenvalue weighted by atomic mass is 16.5. The summed E-state index contributed by atoms with van der Waals surface area (Å²) in [6.45, 7) is -0.176. The molecule has 10 heteroatoms. The molecule has 0 atom stereocenters. The summed E-state index contributed by atoms with van der Waals surface area (Å²) in [5, 5.41) is 11.6. The number of carbonyl (C=O) groups excluding carboxylic acids is 3. The number of benzene rings is 1. The monoisotopic (exact) mass is 436 g/mol. The van der Waals surface area contributed by atoms with Crippen molar-refractivity contribution in [1.82, 2.24) is 10.2 Å². The van der Waals surface area contributed by atoms with E-state index in [4.69, 9.17) is 13.9 Å². The van der Waals surface area contributed by atoms with Crippen LogP contribution < -0.4 is 5.32 Å². The predicted octanol–water partition coefficient (Wildman–Crippen LogP) is 3.12. The van der Waals surface area contributed by atoms with E-state index in [1.807, 2.05) is 0 Å². The first-order valence-electron chi connectivity index (χ1n) is 9.31. The highest BCUT2D eigenvalue weighted by Crippen LogP contribution is 2.25. The fraction of sp³-hybridized carbons (Fsp3) is 0.0909. The van der Waals surface area contributed by atoms with Crippen LogP contribution >= 0.6 is 0 Å². The van der Waals surface area contributed by atoms with Crippen LogP contribution in [0.3, 0.4) is 0 Å². The Morgan fingerprint density at radius 1 is 1.12 bits per heavy atom. The summed E-state index contributed by atoms with van der Waals surface area (Å²) < 4.78 is 15.5. The Bertz CT molecular complexity index is 1270. The lowest BCUT2D eigenvalue weighted by Gasteiger charge is -2.09. The molecule has 162 valence electrons. The van der Waals surface area contributed by atoms with Gasteiger partial charge in [0.15, 0.2) is 0 Å². The fourth-order valence-corrected chi connectivity index (χ4v) is 3.08. The zero-order valence-corrected chi connectivity index (χ0v) is 16.7. The third-order valence-corrected chi connectivity index (χ3v) is 4.63. The summed E-state index contributed by atoms with van der Waals surface area (Å²) in [4.78, 5) is 48.4. The van der Waals surface area contributed by atoms with E-state index in [2.05, 4.69) is 10.1 Å². The van der Waals surface area contributed by atoms with Crippen molar-refractivity contribution in [3.63, 3.8) is 0 Å². The number of esters is 1. The molecular weight excluding hydrogens is 420 g/mol. The Morgan fingerprint density at radius 3 is 2.69 bits per heavy atom. The molecule has 1 saturated heterocycles. The average molecular weight is 436 g/mol. The molecule has 0 saturated carbocycles. The molecule has 4 rings (SSSR count). The number of amides is 3. The highest BCUT2D eigenvalue weighted by Gasteiger charge is 2.34. The topological polar surface area (TPSA) is 139 Å². The molecule has 3 heterocycles. The Hall–Kier alpha value is -4.60. The van der Waals surface area contributed by atoms with E-state index < -0.39 is 23.9 Å². The lowest BCUT2D eigenvalue weighted by molar-refractivity contribution is -0.123. The Balaban J connectivity index is 1.51. The molecular formula is C22H16N2O8. The number of hydrogen-bond acceptors (Lipinski definition) is 7. The smallest absolute Gasteiger partial charge is 0.373 e. The molecule has 1 aromatic carbocycles. The van der Waals surface area contributed by atoms with E-state index >= 15 is 0 Å². The predicted molar refractivity (Wildman–Crippen MR) is 108 cm³/mol. The number of imide groups is 1. The van der Waals surface area contributed by atoms with Crippen LogP contribution in [0.15, 0.2) is 63.1 Å². The van der Waals surface area contributed by atoms with Crippen LogP contribution in [0.2, 0.25) is 0 Å². The van der Waals surface area contributed by atoms with Gasteiger partial charge in [-0.25, -0.2) is 14.4 Å². The Morgan fingerprint density at radius 2 is 1.94 bits per heavy atom. The molecule has 1 fully saturated rings. The van der Waals surface area contributed by atoms with Crippen molar-refractivity contribution in [3.8, 4) is 11.3 Å². The zero-order chi connectivity index (χ0) is 22.8. The molecule has 1 aliphatic heterocycles. The van der Waals surface area contributed by atoms with Crippen molar-refractivity contribution in [2.75, 3.05) is 7.11 Å². The van der Waals surface area contributed by atoms with Crippen molar-refractivity contribution >= 4 is 30.0 Å². The number of furan rings is 2. The summed E-state index contributed by atoms with van der Waals surface area (Å²) in [5.41, 5.74) is 0.660. The van der Waals surface area contributed by atoms with Gasteiger partial charge in [0.1, 0.15) is 23.0 Å². The molecule has 2 aromatic heterocycles. The van der Waals surface area contributed by atoms with Gasteiger partial charge in [-0.2, -0.15) is 0 Å². The van der Waals surface area contributed by atoms with Crippen LogP contribution in [-0.4, -0.2) is 41.0 Å². The van der Waals surface area contributed by atoms with E-state index in [1.54, 1.807) is 24.3 Å². The van der Waals surface area contributed by atoms with Gasteiger partial charge in [0, 0.05) is 11.6 Å². The molecule has 0 radical (unpaired) electrons. The van der Waals surface area contributed by atoms with Crippen LogP contribution in [0.1, 0.15) is 32.4 Å². The maximum atomic E-state index is 12.7. The van der Waals surface area contributed by atoms with E-state index in [1.165, 1.54) is 37.5 Å². The Kier molecular flexibility index (Phi) is 5.34. The average Bonchev–Trinajstić information content (AvgIpc) is 3.50. The van der Waals surface area contributed by atoms with Crippen LogP contribution in [0.5, 0.6) is 0 Å². The molecule has 3 amide bonds. The van der Waals surface area contributed by atoms with Crippen molar-refractivity contribution in [3.05, 3.63) is 77.1 Å². The standard InChI is InChI=1S/C22H16N2O8/c1-30-21(28)18-8-6-15(32-18)11-24-19(25)16(23-22(24)29)10-14-5-7-17(31-14)12-3-2-4-13(9-12)20(26)27/h2-10H,11H2,1H3,(H,23,29)(H,26,27). The van der Waals surface area contributed by atoms with Gasteiger partial charge in [0.2, 0.25) is 5.76 Å². The first-order chi connectivity index (χ1) is 15.4. The number of rotatable bonds is 6. The largest absolute Gasteiger partial charge is 0.478 e. The SMILES string of the molecule is COC(=O)c1ccc(CN2C(=O)NC(=Cc3ccc(-c4cccc(C(=O)O)c4)o3)C2=O)o1. The van der Waals surface area contributed by atoms with E-state index in [-0.39, 0.29) is 35.1 Å². The fourth-order valence-electron chi connectivity index (χ4n) is 3.08. The third-order valence-electron chi connectivity index (χ3n) is 4.63. The molecule has 0 bridgehead atoms. The summed E-state index contributed by atoms with van der Waals surface area (Å²) in [5.74, 6) is -1.45. The van der Waals surface area contributed by atoms with Crippen LogP contribution in [-0.2, 0) is 16.1 Å². The lowest BCUT2D eigenvalue weighted by atomic mass is 10.1. The van der Waals surface area contributed by atoms with Gasteiger partial charge in [-0.1, -0.05) is 12.1 Å². The number of aromatic carboxylic acids is 1. The molecule has 2 N–H and O–H groups in total. The van der Waals surface area contributed by atoms with Gasteiger partial charge < -0.3 is 24.0 Å². The quantitative estimate of drug-likeness (QED) is 0.341. The summed E-state index contributed by atoms with van der Waals surface area (Å²) in [6.07, 6.45) is 1.37. The lowest BCUT2D eigenvalue weighted by Crippen LogP contribution is -2.30. The van der Waals surface area contributed by atoms with Crippen molar-refractivity contribution in [1.29, 1.82) is 0 Å². The zero-order valence-electron chi connectivity index (χ0n) is 16.7. The van der Waals surface area contributed by atoms with Gasteiger partial charge >= 0.3 is 18.0 Å². The van der Waals surface area contributed by atoms with Crippen molar-refractivity contribution in [2.45, 2.75) is 6.54 Å². The molecule has 0 spiro atoms. The number of carboxylic acids is 1. The van der Waals surface area contributed by atoms with Gasteiger partial charge in [-0.05, 0) is 36.4 Å². The number of methoxy groups -OCH3 is 1. The minimum absolute atomic E-state index is 0.00469. The van der Waals surface area contributed by atoms with E-state index in [0.29, 0.717) is 11.3 Å². The van der Waals surface area contributed by atoms with E-state index in [9.17, 15) is 19.2 Å². The number of carbonyl (C=O) groups is 4. The number of nitrogens with one attached hydrogen (secondary N) is 1. The molecule has 1 aliphatic rings. The van der Waals surface area contributed by atoms with Gasteiger partial charge in [0.25, 0.3) is 5.91 Å². The summed E-state index contributed by atoms with van der Waals surface area (Å²) in [7, 11) is 1.21. The summed E-state index contributed by atoms with van der Waals surface area (Å²) >= 11 is 0. The number of carboxylic acid groups (broad SMARTS) is 1. The number of hydrogen-bond donors (Lipinski definition) is 2. The van der Waals surface area contributed by atoms with Gasteiger partial charge in [-0.3, -0.25) is 9.69 Å². The van der Waals surface area contributed by atoms with Gasteiger partial charge in [0.05, 0.1) is 19.2 Å². The van der Waals surface area contributed by atoms with Crippen molar-refractivity contribution < 1.29 is 37.9 Å². The molecule has 3 aromatic rings. The maximum Gasteiger partial charge on any atom is 0.373 e. The minimum atomic E-state index is -1.06. The molecule has 32 heavy (non-hydrogen) atoms. The second-order valence-electron chi connectivity index (χ2n) is 6.72. The van der Waals surface area contributed by atoms with Crippen molar-refractivity contribution in [2.24, 2.45) is 0 Å². The minimum Gasteiger partial charge on any atom is -0.478 e. The van der Waals surface area contributed by atoms with Gasteiger partial charge in [-0.15, -0.1) is 0 Å². The molecule has 0 aliphatic carbocycles. The molecule has 0 unspecified atom stereocenters. The Labute approximate surface area is 180 Å². The third kappa shape index (κ3) is 4.01. The first-order valence-corrected chi connectivity index (χ1v) is 9.31. The second-order valence-corrected chi connectivity index (χ2v) is 6.72. The maximum absolute atomic E-state index is 12.7. The normalized spacial score (nSPS) is 14.7. The highest BCUT2D eigenvalue weighted by molar-refractivity contribution is 6.13. The number of ether oxygens (including phenoxy) is 1. The molecule has 10 nitrogen and oxygen atoms in total. The second kappa shape index (κ2) is 8.26. The van der Waals surface area contributed by atoms with E-state index in [0.717, 1.165) is 4.90 Å². The first kappa shape index (κ1) is 20.7. The van der Waals surface area contributed by atoms with Crippen LogP contribution in [0.4, 0.5) is 4.79 Å². The number of nitrogens with zero attached hydrogens (tertiary/aromatic N) is 1. The number of urea groups is 1. The van der Waals surface area contributed by atoms with Crippen LogP contribution in [0.25, 0.3) is 17.4 Å². The summed E-state index contributed by atoms with van der Waals surface area (Å²) in [6, 6.07) is 11.6.